The van der Waals surface area contributed by atoms with Crippen molar-refractivity contribution in [2.24, 2.45) is 0 Å². The Morgan fingerprint density at radius 2 is 1.75 bits per heavy atom. The summed E-state index contributed by atoms with van der Waals surface area (Å²) in [5.74, 6) is -0.473. The Balaban J connectivity index is 1.97. The number of thiazole rings is 1. The second-order valence-corrected chi connectivity index (χ2v) is 10.4. The molecule has 9 heteroatoms. The Hall–Kier alpha value is -2.49. The topological polar surface area (TPSA) is 79.8 Å². The van der Waals surface area contributed by atoms with Crippen LogP contribution in [-0.2, 0) is 14.6 Å². The van der Waals surface area contributed by atoms with E-state index in [9.17, 15) is 13.2 Å². The van der Waals surface area contributed by atoms with Crippen LogP contribution in [0.3, 0.4) is 0 Å². The first-order chi connectivity index (χ1) is 15.3. The Bertz CT molecular complexity index is 1170. The smallest absolute Gasteiger partial charge is 0.244 e. The number of methoxy groups -OCH3 is 1. The number of carbonyl (C=O) groups is 1. The summed E-state index contributed by atoms with van der Waals surface area (Å²) in [5.41, 5.74) is 1.71. The van der Waals surface area contributed by atoms with Gasteiger partial charge in [-0.05, 0) is 43.8 Å². The van der Waals surface area contributed by atoms with Crippen LogP contribution in [0, 0.1) is 6.92 Å². The minimum absolute atomic E-state index is 0.138. The zero-order valence-corrected chi connectivity index (χ0v) is 20.5. The Labute approximate surface area is 193 Å². The number of sulfone groups is 1. The average Bonchev–Trinajstić information content (AvgIpc) is 3.23. The van der Waals surface area contributed by atoms with Crippen LogP contribution in [0.15, 0.2) is 47.4 Å². The van der Waals surface area contributed by atoms with E-state index in [1.807, 2.05) is 19.1 Å². The van der Waals surface area contributed by atoms with Crippen molar-refractivity contribution in [1.29, 1.82) is 0 Å². The van der Waals surface area contributed by atoms with Crippen molar-refractivity contribution in [3.05, 3.63) is 48.0 Å². The number of aryl methyl sites for hydroxylation is 1. The number of hydrogen-bond donors (Lipinski definition) is 0. The zero-order chi connectivity index (χ0) is 23.3. The minimum atomic E-state index is -3.77. The van der Waals surface area contributed by atoms with Crippen molar-refractivity contribution in [2.75, 3.05) is 43.9 Å². The number of nitrogens with zero attached hydrogens (tertiary/aromatic N) is 3. The lowest BCUT2D eigenvalue weighted by Crippen LogP contribution is -2.41. The summed E-state index contributed by atoms with van der Waals surface area (Å²) in [5, 5.41) is 0.480. The lowest BCUT2D eigenvalue weighted by molar-refractivity contribution is -0.116. The Morgan fingerprint density at radius 3 is 2.38 bits per heavy atom. The van der Waals surface area contributed by atoms with Gasteiger partial charge >= 0.3 is 0 Å². The van der Waals surface area contributed by atoms with Gasteiger partial charge in [0.2, 0.25) is 5.91 Å². The molecule has 0 bridgehead atoms. The number of aromatic nitrogens is 1. The lowest BCUT2D eigenvalue weighted by atomic mass is 10.2. The molecule has 0 atom stereocenters. The van der Waals surface area contributed by atoms with Gasteiger partial charge in [-0.3, -0.25) is 9.69 Å². The summed E-state index contributed by atoms with van der Waals surface area (Å²) in [7, 11) is -2.18. The molecule has 0 saturated carbocycles. The molecule has 172 valence electrons. The van der Waals surface area contributed by atoms with Crippen molar-refractivity contribution in [3.63, 3.8) is 0 Å². The summed E-state index contributed by atoms with van der Waals surface area (Å²) in [4.78, 5) is 21.8. The van der Waals surface area contributed by atoms with E-state index < -0.39 is 21.5 Å². The first-order valence-corrected chi connectivity index (χ1v) is 13.0. The number of rotatable bonds is 10. The van der Waals surface area contributed by atoms with Gasteiger partial charge in [0.1, 0.15) is 17.0 Å². The summed E-state index contributed by atoms with van der Waals surface area (Å²) >= 11 is 1.38. The zero-order valence-electron chi connectivity index (χ0n) is 18.9. The van der Waals surface area contributed by atoms with E-state index in [4.69, 9.17) is 4.74 Å². The summed E-state index contributed by atoms with van der Waals surface area (Å²) in [6.07, 6.45) is 0. The second-order valence-electron chi connectivity index (χ2n) is 7.40. The SMILES string of the molecule is CCN(CC)CCN(C(=O)CS(=O)(=O)c1ccccc1)c1nc2c(OC)ccc(C)c2s1. The van der Waals surface area contributed by atoms with Crippen LogP contribution in [0.4, 0.5) is 5.13 Å². The van der Waals surface area contributed by atoms with E-state index in [2.05, 4.69) is 23.7 Å². The number of likely N-dealkylation sites (N-methyl/N-ethyl adjacent to an activating group) is 1. The molecule has 0 aliphatic carbocycles. The molecule has 1 amide bonds. The molecule has 0 N–H and O–H groups in total. The van der Waals surface area contributed by atoms with Crippen LogP contribution >= 0.6 is 11.3 Å². The highest BCUT2D eigenvalue weighted by atomic mass is 32.2. The van der Waals surface area contributed by atoms with Crippen LogP contribution < -0.4 is 9.64 Å². The van der Waals surface area contributed by atoms with Gasteiger partial charge in [0.05, 0.1) is 16.7 Å². The lowest BCUT2D eigenvalue weighted by Gasteiger charge is -2.24. The van der Waals surface area contributed by atoms with Crippen LogP contribution in [-0.4, -0.2) is 63.3 Å². The molecule has 0 aliphatic heterocycles. The molecule has 1 aromatic heterocycles. The van der Waals surface area contributed by atoms with Gasteiger partial charge in [-0.1, -0.05) is 49.4 Å². The summed E-state index contributed by atoms with van der Waals surface area (Å²) in [6, 6.07) is 11.9. The Morgan fingerprint density at radius 1 is 1.06 bits per heavy atom. The first-order valence-electron chi connectivity index (χ1n) is 10.5. The van der Waals surface area contributed by atoms with Crippen LogP contribution in [0.1, 0.15) is 19.4 Å². The van der Waals surface area contributed by atoms with Gasteiger partial charge in [0.25, 0.3) is 0 Å². The fraction of sp³-hybridized carbons (Fsp3) is 0.391. The third-order valence-corrected chi connectivity index (χ3v) is 8.23. The molecule has 0 aliphatic rings. The number of ether oxygens (including phenoxy) is 1. The fourth-order valence-electron chi connectivity index (χ4n) is 3.44. The van der Waals surface area contributed by atoms with Crippen molar-refractivity contribution in [1.82, 2.24) is 9.88 Å². The molecule has 3 rings (SSSR count). The number of anilines is 1. The average molecular weight is 476 g/mol. The van der Waals surface area contributed by atoms with Gasteiger partial charge in [-0.25, -0.2) is 13.4 Å². The van der Waals surface area contributed by atoms with Crippen LogP contribution in [0.25, 0.3) is 10.2 Å². The maximum atomic E-state index is 13.3. The highest BCUT2D eigenvalue weighted by molar-refractivity contribution is 7.92. The fourth-order valence-corrected chi connectivity index (χ4v) is 5.75. The maximum absolute atomic E-state index is 13.3. The number of amides is 1. The van der Waals surface area contributed by atoms with Crippen molar-refractivity contribution >= 4 is 42.4 Å². The van der Waals surface area contributed by atoms with E-state index >= 15 is 0 Å². The van der Waals surface area contributed by atoms with Crippen molar-refractivity contribution < 1.29 is 17.9 Å². The van der Waals surface area contributed by atoms with Gasteiger partial charge in [0.15, 0.2) is 15.0 Å². The van der Waals surface area contributed by atoms with E-state index in [0.717, 1.165) is 23.4 Å². The second kappa shape index (κ2) is 10.4. The molecular weight excluding hydrogens is 446 g/mol. The molecular formula is C23H29N3O4S2. The van der Waals surface area contributed by atoms with Gasteiger partial charge in [0, 0.05) is 13.1 Å². The molecule has 0 spiro atoms. The third kappa shape index (κ3) is 5.28. The minimum Gasteiger partial charge on any atom is -0.494 e. The molecule has 1 heterocycles. The largest absolute Gasteiger partial charge is 0.494 e. The summed E-state index contributed by atoms with van der Waals surface area (Å²) < 4.78 is 32.1. The molecule has 0 saturated heterocycles. The molecule has 0 radical (unpaired) electrons. The molecule has 0 fully saturated rings. The molecule has 0 unspecified atom stereocenters. The van der Waals surface area contributed by atoms with E-state index in [1.165, 1.54) is 28.4 Å². The highest BCUT2D eigenvalue weighted by Gasteiger charge is 2.27. The Kier molecular flexibility index (Phi) is 7.86. The number of fused-ring (bicyclic) bond motifs is 1. The van der Waals surface area contributed by atoms with Gasteiger partial charge in [-0.2, -0.15) is 0 Å². The maximum Gasteiger partial charge on any atom is 0.244 e. The number of hydrogen-bond acceptors (Lipinski definition) is 7. The number of carbonyl (C=O) groups excluding carboxylic acids is 1. The predicted molar refractivity (Wildman–Crippen MR) is 130 cm³/mol. The standard InChI is InChI=1S/C23H29N3O4S2/c1-5-25(6-2)14-15-26(20(27)16-32(28,29)18-10-8-7-9-11-18)23-24-21-19(30-4)13-12-17(3)22(21)31-23/h7-13H,5-6,14-16H2,1-4H3. The normalized spacial score (nSPS) is 11.8. The monoisotopic (exact) mass is 475 g/mol. The predicted octanol–water partition coefficient (Wildman–Crippen LogP) is 3.76. The van der Waals surface area contributed by atoms with E-state index in [-0.39, 0.29) is 4.90 Å². The van der Waals surface area contributed by atoms with Crippen molar-refractivity contribution in [2.45, 2.75) is 25.7 Å². The number of benzene rings is 2. The molecule has 3 aromatic rings. The highest BCUT2D eigenvalue weighted by Crippen LogP contribution is 2.36. The van der Waals surface area contributed by atoms with E-state index in [1.54, 1.807) is 25.3 Å². The van der Waals surface area contributed by atoms with Crippen molar-refractivity contribution in [3.8, 4) is 5.75 Å². The van der Waals surface area contributed by atoms with Gasteiger partial charge in [-0.15, -0.1) is 0 Å². The van der Waals surface area contributed by atoms with Gasteiger partial charge < -0.3 is 9.64 Å². The molecule has 32 heavy (non-hydrogen) atoms. The van der Waals surface area contributed by atoms with E-state index in [0.29, 0.717) is 29.5 Å². The quantitative estimate of drug-likeness (QED) is 0.444. The third-order valence-electron chi connectivity index (χ3n) is 5.39. The molecule has 7 nitrogen and oxygen atoms in total. The molecule has 2 aromatic carbocycles. The van der Waals surface area contributed by atoms with Crippen LogP contribution in [0.5, 0.6) is 5.75 Å². The summed E-state index contributed by atoms with van der Waals surface area (Å²) in [6.45, 7) is 8.75. The van der Waals surface area contributed by atoms with Crippen LogP contribution in [0.2, 0.25) is 0 Å². The first kappa shape index (κ1) is 24.2.